The van der Waals surface area contributed by atoms with E-state index in [1.165, 1.54) is 6.20 Å². The van der Waals surface area contributed by atoms with E-state index in [0.29, 0.717) is 19.0 Å². The summed E-state index contributed by atoms with van der Waals surface area (Å²) in [5.74, 6) is 0.576. The molecule has 20 heavy (non-hydrogen) atoms. The minimum absolute atomic E-state index is 0.140. The van der Waals surface area contributed by atoms with E-state index in [-0.39, 0.29) is 11.5 Å². The standard InChI is InChI=1S/C11H12BrN5O2S/c1-2-13-11-15-5-8(17(18)19)10(16-11)14-6-9-7(12)3-4-20-9/h3-5H,2,6H2,1H3,(H2,13,14,15,16). The van der Waals surface area contributed by atoms with Gasteiger partial charge in [0.05, 0.1) is 11.5 Å². The number of anilines is 2. The Kier molecular flexibility index (Phi) is 4.85. The number of thiophene rings is 1. The fraction of sp³-hybridized carbons (Fsp3) is 0.273. The van der Waals surface area contributed by atoms with Gasteiger partial charge in [-0.25, -0.2) is 4.98 Å². The van der Waals surface area contributed by atoms with E-state index in [1.807, 2.05) is 18.4 Å². The van der Waals surface area contributed by atoms with E-state index < -0.39 is 4.92 Å². The highest BCUT2D eigenvalue weighted by molar-refractivity contribution is 9.10. The van der Waals surface area contributed by atoms with Crippen molar-refractivity contribution < 1.29 is 4.92 Å². The van der Waals surface area contributed by atoms with Crippen LogP contribution in [0.3, 0.4) is 0 Å². The van der Waals surface area contributed by atoms with Gasteiger partial charge < -0.3 is 10.6 Å². The van der Waals surface area contributed by atoms with Crippen LogP contribution in [0.25, 0.3) is 0 Å². The molecule has 0 aliphatic heterocycles. The Bertz CT molecular complexity index is 619. The lowest BCUT2D eigenvalue weighted by molar-refractivity contribution is -0.384. The molecule has 2 rings (SSSR count). The van der Waals surface area contributed by atoms with Gasteiger partial charge in [-0.2, -0.15) is 4.98 Å². The number of aromatic nitrogens is 2. The zero-order valence-corrected chi connectivity index (χ0v) is 13.0. The Balaban J connectivity index is 2.21. The molecular formula is C11H12BrN5O2S. The van der Waals surface area contributed by atoms with E-state index in [0.717, 1.165) is 9.35 Å². The summed E-state index contributed by atoms with van der Waals surface area (Å²) in [6, 6.07) is 1.93. The Morgan fingerprint density at radius 2 is 2.30 bits per heavy atom. The first-order valence-electron chi connectivity index (χ1n) is 5.83. The molecule has 0 unspecified atom stereocenters. The third-order valence-electron chi connectivity index (χ3n) is 2.41. The van der Waals surface area contributed by atoms with Crippen LogP contribution in [0.4, 0.5) is 17.5 Å². The Morgan fingerprint density at radius 1 is 1.50 bits per heavy atom. The van der Waals surface area contributed by atoms with Crippen molar-refractivity contribution in [3.63, 3.8) is 0 Å². The van der Waals surface area contributed by atoms with Crippen LogP contribution in [-0.2, 0) is 6.54 Å². The monoisotopic (exact) mass is 357 g/mol. The van der Waals surface area contributed by atoms with Crippen molar-refractivity contribution in [2.45, 2.75) is 13.5 Å². The molecule has 0 radical (unpaired) electrons. The highest BCUT2D eigenvalue weighted by Gasteiger charge is 2.17. The lowest BCUT2D eigenvalue weighted by atomic mass is 10.4. The van der Waals surface area contributed by atoms with Gasteiger partial charge in [0, 0.05) is 15.9 Å². The first kappa shape index (κ1) is 14.7. The molecule has 0 fully saturated rings. The number of rotatable bonds is 6. The van der Waals surface area contributed by atoms with E-state index in [1.54, 1.807) is 11.3 Å². The van der Waals surface area contributed by atoms with Gasteiger partial charge in [0.15, 0.2) is 0 Å². The molecule has 0 aliphatic rings. The van der Waals surface area contributed by atoms with Gasteiger partial charge >= 0.3 is 5.69 Å². The SMILES string of the molecule is CCNc1ncc([N+](=O)[O-])c(NCc2sccc2Br)n1. The Hall–Kier alpha value is -1.74. The predicted molar refractivity (Wildman–Crippen MR) is 82.2 cm³/mol. The second-order valence-corrected chi connectivity index (χ2v) is 5.62. The molecule has 0 bridgehead atoms. The lowest BCUT2D eigenvalue weighted by Gasteiger charge is -2.07. The molecule has 0 amide bonds. The molecule has 0 saturated carbocycles. The normalized spacial score (nSPS) is 10.3. The molecule has 2 N–H and O–H groups in total. The Labute approximate surface area is 127 Å². The third-order valence-corrected chi connectivity index (χ3v) is 4.33. The van der Waals surface area contributed by atoms with E-state index in [9.17, 15) is 10.1 Å². The summed E-state index contributed by atoms with van der Waals surface area (Å²) in [5, 5.41) is 18.8. The number of nitrogens with zero attached hydrogens (tertiary/aromatic N) is 3. The van der Waals surface area contributed by atoms with E-state index in [4.69, 9.17) is 0 Å². The summed E-state index contributed by atoms with van der Waals surface area (Å²) in [5.41, 5.74) is -0.140. The number of nitrogens with one attached hydrogen (secondary N) is 2. The van der Waals surface area contributed by atoms with Gasteiger partial charge in [-0.15, -0.1) is 11.3 Å². The molecule has 0 atom stereocenters. The minimum atomic E-state index is -0.498. The first-order valence-corrected chi connectivity index (χ1v) is 7.50. The summed E-state index contributed by atoms with van der Waals surface area (Å²) in [4.78, 5) is 19.6. The lowest BCUT2D eigenvalue weighted by Crippen LogP contribution is -2.08. The topological polar surface area (TPSA) is 93.0 Å². The summed E-state index contributed by atoms with van der Waals surface area (Å²) < 4.78 is 0.971. The molecule has 0 aromatic carbocycles. The van der Waals surface area contributed by atoms with Gasteiger partial charge in [0.1, 0.15) is 6.20 Å². The fourth-order valence-electron chi connectivity index (χ4n) is 1.50. The van der Waals surface area contributed by atoms with Gasteiger partial charge in [0.2, 0.25) is 11.8 Å². The maximum atomic E-state index is 11.0. The molecule has 0 saturated heterocycles. The van der Waals surface area contributed by atoms with Crippen LogP contribution in [0.5, 0.6) is 0 Å². The minimum Gasteiger partial charge on any atom is -0.359 e. The molecule has 2 heterocycles. The highest BCUT2D eigenvalue weighted by atomic mass is 79.9. The van der Waals surface area contributed by atoms with Crippen molar-refractivity contribution in [2.75, 3.05) is 17.2 Å². The van der Waals surface area contributed by atoms with Gasteiger partial charge in [-0.05, 0) is 34.3 Å². The number of hydrogen-bond donors (Lipinski definition) is 2. The predicted octanol–water partition coefficient (Wildman–Crippen LogP) is 3.25. The van der Waals surface area contributed by atoms with Crippen LogP contribution < -0.4 is 10.6 Å². The summed E-state index contributed by atoms with van der Waals surface area (Å²) >= 11 is 4.98. The van der Waals surface area contributed by atoms with Crippen molar-refractivity contribution in [3.05, 3.63) is 37.1 Å². The van der Waals surface area contributed by atoms with Crippen molar-refractivity contribution >= 4 is 44.7 Å². The maximum absolute atomic E-state index is 11.0. The zero-order chi connectivity index (χ0) is 14.5. The van der Waals surface area contributed by atoms with Gasteiger partial charge in [-0.3, -0.25) is 10.1 Å². The molecule has 2 aromatic heterocycles. The van der Waals surface area contributed by atoms with Crippen LogP contribution in [0, 0.1) is 10.1 Å². The maximum Gasteiger partial charge on any atom is 0.329 e. The van der Waals surface area contributed by atoms with E-state index in [2.05, 4.69) is 36.5 Å². The van der Waals surface area contributed by atoms with Crippen LogP contribution >= 0.6 is 27.3 Å². The summed E-state index contributed by atoms with van der Waals surface area (Å²) in [7, 11) is 0. The number of hydrogen-bond acceptors (Lipinski definition) is 7. The van der Waals surface area contributed by atoms with Gasteiger partial charge in [0.25, 0.3) is 0 Å². The van der Waals surface area contributed by atoms with Crippen LogP contribution in [0.1, 0.15) is 11.8 Å². The van der Waals surface area contributed by atoms with Crippen molar-refractivity contribution in [1.82, 2.24) is 9.97 Å². The zero-order valence-electron chi connectivity index (χ0n) is 10.6. The average Bonchev–Trinajstić information content (AvgIpc) is 2.82. The fourth-order valence-corrected chi connectivity index (χ4v) is 2.93. The first-order chi connectivity index (χ1) is 9.61. The quantitative estimate of drug-likeness (QED) is 0.608. The highest BCUT2D eigenvalue weighted by Crippen LogP contribution is 2.26. The van der Waals surface area contributed by atoms with Crippen LogP contribution in [0.15, 0.2) is 22.1 Å². The summed E-state index contributed by atoms with van der Waals surface area (Å²) in [6.07, 6.45) is 1.21. The second-order valence-electron chi connectivity index (χ2n) is 3.76. The molecule has 0 spiro atoms. The molecule has 0 aliphatic carbocycles. The van der Waals surface area contributed by atoms with Crippen molar-refractivity contribution in [2.24, 2.45) is 0 Å². The summed E-state index contributed by atoms with van der Waals surface area (Å²) in [6.45, 7) is 3.01. The van der Waals surface area contributed by atoms with Crippen LogP contribution in [-0.4, -0.2) is 21.4 Å². The van der Waals surface area contributed by atoms with Gasteiger partial charge in [-0.1, -0.05) is 0 Å². The number of halogens is 1. The molecule has 7 nitrogen and oxygen atoms in total. The molecule has 106 valence electrons. The van der Waals surface area contributed by atoms with E-state index >= 15 is 0 Å². The average molecular weight is 358 g/mol. The van der Waals surface area contributed by atoms with Crippen molar-refractivity contribution in [1.29, 1.82) is 0 Å². The molecular weight excluding hydrogens is 346 g/mol. The second kappa shape index (κ2) is 6.62. The van der Waals surface area contributed by atoms with Crippen molar-refractivity contribution in [3.8, 4) is 0 Å². The third kappa shape index (κ3) is 3.42. The molecule has 9 heteroatoms. The largest absolute Gasteiger partial charge is 0.359 e. The number of nitro groups is 1. The Morgan fingerprint density at radius 3 is 2.90 bits per heavy atom. The van der Waals surface area contributed by atoms with Crippen LogP contribution in [0.2, 0.25) is 0 Å². The molecule has 2 aromatic rings. The smallest absolute Gasteiger partial charge is 0.329 e.